The molecule has 1 atom stereocenters. The maximum atomic E-state index is 12.1. The molecule has 0 aromatic heterocycles. The summed E-state index contributed by atoms with van der Waals surface area (Å²) in [6.07, 6.45) is 7.49. The molecule has 0 fully saturated rings. The summed E-state index contributed by atoms with van der Waals surface area (Å²) in [7, 11) is 0. The second-order valence-corrected chi connectivity index (χ2v) is 6.59. The van der Waals surface area contributed by atoms with Crippen LogP contribution in [0, 0.1) is 0 Å². The summed E-state index contributed by atoms with van der Waals surface area (Å²) in [4.78, 5) is 12.1. The van der Waals surface area contributed by atoms with Crippen molar-refractivity contribution in [1.29, 1.82) is 0 Å². The first-order chi connectivity index (χ1) is 10.6. The Hall–Kier alpha value is -1.61. The number of hydrogen-bond acceptors (Lipinski definition) is 3. The molecule has 0 aliphatic heterocycles. The minimum absolute atomic E-state index is 0.312. The van der Waals surface area contributed by atoms with E-state index in [0.29, 0.717) is 12.0 Å². The Kier molecular flexibility index (Phi) is 10.2. The van der Waals surface area contributed by atoms with Gasteiger partial charge < -0.3 is 10.2 Å². The number of hydrogen-bond donors (Lipinski definition) is 2. The fourth-order valence-electron chi connectivity index (χ4n) is 2.06. The quantitative estimate of drug-likeness (QED) is 0.349. The molecule has 0 rings (SSSR count). The van der Waals surface area contributed by atoms with Gasteiger partial charge in [0.1, 0.15) is 6.10 Å². The molecule has 130 valence electrons. The highest BCUT2D eigenvalue weighted by molar-refractivity contribution is 5.98. The molecule has 0 aromatic carbocycles. The van der Waals surface area contributed by atoms with Crippen LogP contribution < -0.4 is 0 Å². The molecule has 23 heavy (non-hydrogen) atoms. The van der Waals surface area contributed by atoms with E-state index in [1.807, 2.05) is 34.6 Å². The Morgan fingerprint density at radius 2 is 1.39 bits per heavy atom. The summed E-state index contributed by atoms with van der Waals surface area (Å²) in [5, 5.41) is 20.0. The summed E-state index contributed by atoms with van der Waals surface area (Å²) < 4.78 is 0. The Balaban J connectivity index is 4.73. The van der Waals surface area contributed by atoms with Gasteiger partial charge in [-0.05, 0) is 78.9 Å². The van der Waals surface area contributed by atoms with Crippen molar-refractivity contribution < 1.29 is 15.0 Å². The average Bonchev–Trinajstić information content (AvgIpc) is 2.44. The standard InChI is InChI=1S/C20H32O3/c1-14(2)9-7-11-16(5)13-18(21)20(23)19(22)17(6)12-8-10-15(3)4/h9-10,13,18,21-22H,7-8,11-12H2,1-6H3/b16-13+,19-17+/t18-/m0/s1. The number of rotatable bonds is 9. The fourth-order valence-corrected chi connectivity index (χ4v) is 2.06. The zero-order valence-corrected chi connectivity index (χ0v) is 15.4. The first-order valence-corrected chi connectivity index (χ1v) is 8.20. The van der Waals surface area contributed by atoms with Gasteiger partial charge in [0, 0.05) is 0 Å². The van der Waals surface area contributed by atoms with Crippen molar-refractivity contribution in [3.8, 4) is 0 Å². The lowest BCUT2D eigenvalue weighted by Crippen LogP contribution is -2.21. The smallest absolute Gasteiger partial charge is 0.229 e. The molecule has 3 heteroatoms. The van der Waals surface area contributed by atoms with Crippen LogP contribution in [0.1, 0.15) is 67.2 Å². The highest BCUT2D eigenvalue weighted by Gasteiger charge is 2.19. The predicted octanol–water partition coefficient (Wildman–Crippen LogP) is 5.19. The van der Waals surface area contributed by atoms with Crippen molar-refractivity contribution in [3.05, 3.63) is 46.3 Å². The Bertz CT molecular complexity index is 511. The van der Waals surface area contributed by atoms with Crippen LogP contribution in [0.4, 0.5) is 0 Å². The number of aliphatic hydroxyl groups excluding tert-OH is 2. The van der Waals surface area contributed by atoms with E-state index in [1.165, 1.54) is 17.2 Å². The van der Waals surface area contributed by atoms with Crippen LogP contribution in [0.2, 0.25) is 0 Å². The van der Waals surface area contributed by atoms with Gasteiger partial charge in [-0.3, -0.25) is 4.79 Å². The lowest BCUT2D eigenvalue weighted by atomic mass is 10.0. The van der Waals surface area contributed by atoms with Gasteiger partial charge in [0.05, 0.1) is 0 Å². The van der Waals surface area contributed by atoms with Gasteiger partial charge in [0.25, 0.3) is 0 Å². The minimum atomic E-state index is -1.28. The van der Waals surface area contributed by atoms with Crippen LogP contribution in [0.5, 0.6) is 0 Å². The third-order valence-electron chi connectivity index (χ3n) is 3.51. The van der Waals surface area contributed by atoms with Gasteiger partial charge >= 0.3 is 0 Å². The molecule has 0 saturated carbocycles. The average molecular weight is 320 g/mol. The van der Waals surface area contributed by atoms with Crippen LogP contribution in [-0.4, -0.2) is 22.1 Å². The lowest BCUT2D eigenvalue weighted by molar-refractivity contribution is -0.123. The topological polar surface area (TPSA) is 57.5 Å². The van der Waals surface area contributed by atoms with Gasteiger partial charge in [-0.25, -0.2) is 0 Å². The van der Waals surface area contributed by atoms with E-state index < -0.39 is 11.9 Å². The molecule has 0 heterocycles. The largest absolute Gasteiger partial charge is 0.504 e. The molecule has 0 unspecified atom stereocenters. The monoisotopic (exact) mass is 320 g/mol. The molecule has 0 amide bonds. The SMILES string of the molecule is CC(C)=CCC/C(C)=C/[C@H](O)C(=O)/C(O)=C(/C)CCC=C(C)C. The molecule has 3 nitrogen and oxygen atoms in total. The zero-order chi connectivity index (χ0) is 18.0. The van der Waals surface area contributed by atoms with E-state index in [9.17, 15) is 15.0 Å². The third kappa shape index (κ3) is 9.90. The molecule has 0 bridgehead atoms. The number of aliphatic hydroxyl groups is 2. The molecule has 2 N–H and O–H groups in total. The fraction of sp³-hybridized carbons (Fsp3) is 0.550. The second-order valence-electron chi connectivity index (χ2n) is 6.59. The van der Waals surface area contributed by atoms with E-state index >= 15 is 0 Å². The van der Waals surface area contributed by atoms with Crippen molar-refractivity contribution >= 4 is 5.78 Å². The van der Waals surface area contributed by atoms with E-state index in [2.05, 4.69) is 12.2 Å². The normalized spacial score (nSPS) is 14.0. The molecule has 0 aliphatic rings. The van der Waals surface area contributed by atoms with Crippen molar-refractivity contribution in [2.75, 3.05) is 0 Å². The summed E-state index contributed by atoms with van der Waals surface area (Å²) in [6, 6.07) is 0. The number of ketones is 1. The molecule has 0 saturated heterocycles. The van der Waals surface area contributed by atoms with Crippen molar-refractivity contribution in [1.82, 2.24) is 0 Å². The molecule has 0 aromatic rings. The van der Waals surface area contributed by atoms with Gasteiger partial charge in [-0.2, -0.15) is 0 Å². The van der Waals surface area contributed by atoms with E-state index in [1.54, 1.807) is 6.92 Å². The van der Waals surface area contributed by atoms with Gasteiger partial charge in [-0.15, -0.1) is 0 Å². The highest BCUT2D eigenvalue weighted by Crippen LogP contribution is 2.14. The lowest BCUT2D eigenvalue weighted by Gasteiger charge is -2.09. The summed E-state index contributed by atoms with van der Waals surface area (Å²) in [6.45, 7) is 11.7. The number of allylic oxidation sites excluding steroid dienone is 6. The van der Waals surface area contributed by atoms with Gasteiger partial charge in [0.2, 0.25) is 5.78 Å². The molecule has 0 spiro atoms. The highest BCUT2D eigenvalue weighted by atomic mass is 16.3. The maximum Gasteiger partial charge on any atom is 0.229 e. The summed E-state index contributed by atoms with van der Waals surface area (Å²) in [5.74, 6) is -0.936. The van der Waals surface area contributed by atoms with Crippen LogP contribution in [0.25, 0.3) is 0 Å². The number of Topliss-reactive ketones (excluding diaryl/α,β-unsaturated/α-hetero) is 1. The maximum absolute atomic E-state index is 12.1. The zero-order valence-electron chi connectivity index (χ0n) is 15.4. The first-order valence-electron chi connectivity index (χ1n) is 8.20. The van der Waals surface area contributed by atoms with Crippen LogP contribution >= 0.6 is 0 Å². The van der Waals surface area contributed by atoms with E-state index in [4.69, 9.17) is 0 Å². The molecular weight excluding hydrogens is 288 g/mol. The van der Waals surface area contributed by atoms with Crippen LogP contribution in [0.15, 0.2) is 46.3 Å². The Morgan fingerprint density at radius 3 is 1.87 bits per heavy atom. The van der Waals surface area contributed by atoms with Crippen molar-refractivity contribution in [3.63, 3.8) is 0 Å². The van der Waals surface area contributed by atoms with Crippen molar-refractivity contribution in [2.24, 2.45) is 0 Å². The van der Waals surface area contributed by atoms with Crippen molar-refractivity contribution in [2.45, 2.75) is 73.3 Å². The predicted molar refractivity (Wildman–Crippen MR) is 97.4 cm³/mol. The van der Waals surface area contributed by atoms with Crippen LogP contribution in [0.3, 0.4) is 0 Å². The summed E-state index contributed by atoms with van der Waals surface area (Å²) >= 11 is 0. The van der Waals surface area contributed by atoms with Gasteiger partial charge in [-0.1, -0.05) is 28.9 Å². The Morgan fingerprint density at radius 1 is 0.913 bits per heavy atom. The van der Waals surface area contributed by atoms with E-state index in [0.717, 1.165) is 24.8 Å². The third-order valence-corrected chi connectivity index (χ3v) is 3.51. The van der Waals surface area contributed by atoms with Gasteiger partial charge in [0.15, 0.2) is 5.76 Å². The first kappa shape index (κ1) is 21.4. The van der Waals surface area contributed by atoms with Crippen LogP contribution in [-0.2, 0) is 4.79 Å². The molecular formula is C20H32O3. The number of carbonyl (C=O) groups excluding carboxylic acids is 1. The Labute approximate surface area is 141 Å². The molecule has 0 radical (unpaired) electrons. The number of carbonyl (C=O) groups is 1. The summed E-state index contributed by atoms with van der Waals surface area (Å²) in [5.41, 5.74) is 4.01. The molecule has 0 aliphatic carbocycles. The van der Waals surface area contributed by atoms with E-state index in [-0.39, 0.29) is 5.76 Å². The minimum Gasteiger partial charge on any atom is -0.504 e. The second kappa shape index (κ2) is 11.0.